The van der Waals surface area contributed by atoms with Crippen molar-refractivity contribution in [3.8, 4) is 11.5 Å². The van der Waals surface area contributed by atoms with Crippen molar-refractivity contribution in [2.75, 3.05) is 47.1 Å². The number of nitrogens with zero attached hydrogens (tertiary/aromatic N) is 2. The quantitative estimate of drug-likeness (QED) is 0.496. The average Bonchev–Trinajstić information content (AvgIpc) is 3.28. The molecule has 8 heteroatoms. The lowest BCUT2D eigenvalue weighted by Gasteiger charge is -2.37. The number of ether oxygens (including phenoxy) is 3. The molecule has 1 aliphatic rings. The second-order valence-electron chi connectivity index (χ2n) is 8.55. The highest BCUT2D eigenvalue weighted by Crippen LogP contribution is 2.34. The highest BCUT2D eigenvalue weighted by atomic mass is 32.1. The van der Waals surface area contributed by atoms with E-state index in [-0.39, 0.29) is 30.3 Å². The number of carbonyl (C=O) groups excluding carboxylic acids is 2. The third-order valence-corrected chi connectivity index (χ3v) is 6.69. The van der Waals surface area contributed by atoms with Crippen molar-refractivity contribution in [3.05, 3.63) is 46.2 Å². The summed E-state index contributed by atoms with van der Waals surface area (Å²) in [5, 5.41) is 2.06. The summed E-state index contributed by atoms with van der Waals surface area (Å²) in [7, 11) is 3.22. The molecule has 0 radical (unpaired) electrons. The van der Waals surface area contributed by atoms with Crippen LogP contribution >= 0.6 is 11.3 Å². The van der Waals surface area contributed by atoms with E-state index in [1.807, 2.05) is 43.0 Å². The lowest BCUT2D eigenvalue weighted by molar-refractivity contribution is -0.143. The van der Waals surface area contributed by atoms with Crippen LogP contribution in [0.5, 0.6) is 11.5 Å². The Morgan fingerprint density at radius 3 is 2.73 bits per heavy atom. The maximum atomic E-state index is 13.4. The van der Waals surface area contributed by atoms with Crippen molar-refractivity contribution in [2.24, 2.45) is 5.92 Å². The standard InChI is InChI=1S/C25H34N2O5S/c1-18(2)14-24(28)26(11-12-30-3)16-25(29)27-10-8-23-21(9-13-33-23)22(27)17-32-20-7-5-6-19(15-20)31-4/h5-7,9,13,15,18,22H,8,10-12,14,16-17H2,1-4H3. The van der Waals surface area contributed by atoms with Crippen LogP contribution in [0.3, 0.4) is 0 Å². The lowest BCUT2D eigenvalue weighted by atomic mass is 10.0. The van der Waals surface area contributed by atoms with E-state index in [1.165, 1.54) is 4.88 Å². The number of methoxy groups -OCH3 is 2. The molecule has 7 nitrogen and oxygen atoms in total. The first-order valence-electron chi connectivity index (χ1n) is 11.3. The van der Waals surface area contributed by atoms with Gasteiger partial charge in [-0.25, -0.2) is 0 Å². The molecule has 2 aromatic rings. The fraction of sp³-hybridized carbons (Fsp3) is 0.520. The number of rotatable bonds is 11. The maximum Gasteiger partial charge on any atom is 0.242 e. The number of benzene rings is 1. The Morgan fingerprint density at radius 2 is 2.00 bits per heavy atom. The van der Waals surface area contributed by atoms with Gasteiger partial charge in [0.25, 0.3) is 0 Å². The number of thiophene rings is 1. The minimum absolute atomic E-state index is 0.0205. The molecule has 2 amide bonds. The van der Waals surface area contributed by atoms with Gasteiger partial charge in [0.05, 0.1) is 26.3 Å². The van der Waals surface area contributed by atoms with Crippen LogP contribution in [0.2, 0.25) is 0 Å². The van der Waals surface area contributed by atoms with Crippen LogP contribution in [0.25, 0.3) is 0 Å². The van der Waals surface area contributed by atoms with E-state index in [9.17, 15) is 9.59 Å². The molecule has 2 heterocycles. The fourth-order valence-corrected chi connectivity index (χ4v) is 4.89. The van der Waals surface area contributed by atoms with Gasteiger partial charge in [-0.15, -0.1) is 11.3 Å². The van der Waals surface area contributed by atoms with Gasteiger partial charge < -0.3 is 24.0 Å². The fourth-order valence-electron chi connectivity index (χ4n) is 3.97. The van der Waals surface area contributed by atoms with Crippen molar-refractivity contribution >= 4 is 23.2 Å². The number of fused-ring (bicyclic) bond motifs is 1. The Bertz CT molecular complexity index is 929. The van der Waals surface area contributed by atoms with Crippen molar-refractivity contribution in [1.82, 2.24) is 9.80 Å². The molecule has 180 valence electrons. The van der Waals surface area contributed by atoms with Gasteiger partial charge in [0.1, 0.15) is 18.1 Å². The highest BCUT2D eigenvalue weighted by Gasteiger charge is 2.33. The molecule has 1 atom stereocenters. The molecule has 0 aliphatic carbocycles. The lowest BCUT2D eigenvalue weighted by Crippen LogP contribution is -2.48. The summed E-state index contributed by atoms with van der Waals surface area (Å²) in [5.41, 5.74) is 1.12. The van der Waals surface area contributed by atoms with Crippen LogP contribution in [0.1, 0.15) is 36.8 Å². The van der Waals surface area contributed by atoms with Crippen molar-refractivity contribution < 1.29 is 23.8 Å². The first-order valence-corrected chi connectivity index (χ1v) is 12.2. The molecule has 3 rings (SSSR count). The first-order chi connectivity index (χ1) is 15.9. The average molecular weight is 475 g/mol. The van der Waals surface area contributed by atoms with Gasteiger partial charge >= 0.3 is 0 Å². The second kappa shape index (κ2) is 12.0. The molecule has 0 spiro atoms. The number of amides is 2. The molecule has 1 unspecified atom stereocenters. The van der Waals surface area contributed by atoms with E-state index < -0.39 is 0 Å². The first kappa shape index (κ1) is 25.1. The molecule has 0 bridgehead atoms. The van der Waals surface area contributed by atoms with E-state index in [0.717, 1.165) is 17.7 Å². The molecule has 1 aromatic carbocycles. The van der Waals surface area contributed by atoms with E-state index in [1.54, 1.807) is 30.5 Å². The third-order valence-electron chi connectivity index (χ3n) is 5.69. The molecule has 0 fully saturated rings. The number of hydrogen-bond acceptors (Lipinski definition) is 6. The summed E-state index contributed by atoms with van der Waals surface area (Å²) in [5.74, 6) is 1.55. The molecule has 0 saturated heterocycles. The van der Waals surface area contributed by atoms with Crippen LogP contribution in [0, 0.1) is 5.92 Å². The number of hydrogen-bond donors (Lipinski definition) is 0. The summed E-state index contributed by atoms with van der Waals surface area (Å²) in [4.78, 5) is 30.9. The summed E-state index contributed by atoms with van der Waals surface area (Å²) < 4.78 is 16.6. The van der Waals surface area contributed by atoms with Gasteiger partial charge in [0.2, 0.25) is 11.8 Å². The molecule has 0 N–H and O–H groups in total. The minimum Gasteiger partial charge on any atom is -0.497 e. The smallest absolute Gasteiger partial charge is 0.242 e. The van der Waals surface area contributed by atoms with Gasteiger partial charge in [-0.3, -0.25) is 9.59 Å². The molecular formula is C25H34N2O5S. The van der Waals surface area contributed by atoms with Crippen molar-refractivity contribution in [2.45, 2.75) is 32.7 Å². The van der Waals surface area contributed by atoms with Crippen molar-refractivity contribution in [3.63, 3.8) is 0 Å². The zero-order chi connectivity index (χ0) is 23.8. The molecule has 1 aliphatic heterocycles. The minimum atomic E-state index is -0.205. The maximum absolute atomic E-state index is 13.4. The Morgan fingerprint density at radius 1 is 1.21 bits per heavy atom. The number of carbonyl (C=O) groups is 2. The Balaban J connectivity index is 1.75. The summed E-state index contributed by atoms with van der Waals surface area (Å²) >= 11 is 1.71. The molecule has 1 aromatic heterocycles. The second-order valence-corrected chi connectivity index (χ2v) is 9.55. The zero-order valence-electron chi connectivity index (χ0n) is 19.9. The van der Waals surface area contributed by atoms with Gasteiger partial charge in [0.15, 0.2) is 0 Å². The summed E-state index contributed by atoms with van der Waals surface area (Å²) in [6, 6.07) is 9.32. The zero-order valence-corrected chi connectivity index (χ0v) is 20.7. The molecule has 33 heavy (non-hydrogen) atoms. The van der Waals surface area contributed by atoms with Crippen LogP contribution in [-0.4, -0.2) is 68.7 Å². The molecule has 0 saturated carbocycles. The van der Waals surface area contributed by atoms with E-state index in [2.05, 4.69) is 11.4 Å². The van der Waals surface area contributed by atoms with Crippen LogP contribution in [-0.2, 0) is 20.7 Å². The predicted molar refractivity (Wildman–Crippen MR) is 129 cm³/mol. The highest BCUT2D eigenvalue weighted by molar-refractivity contribution is 7.10. The van der Waals surface area contributed by atoms with Gasteiger partial charge in [-0.2, -0.15) is 0 Å². The Kier molecular flexibility index (Phi) is 9.14. The van der Waals surface area contributed by atoms with Gasteiger partial charge in [-0.1, -0.05) is 19.9 Å². The third kappa shape index (κ3) is 6.71. The summed E-state index contributed by atoms with van der Waals surface area (Å²) in [6.07, 6.45) is 1.22. The SMILES string of the molecule is COCCN(CC(=O)N1CCc2sccc2C1COc1cccc(OC)c1)C(=O)CC(C)C. The Hall–Kier alpha value is -2.58. The van der Waals surface area contributed by atoms with Crippen molar-refractivity contribution in [1.29, 1.82) is 0 Å². The van der Waals surface area contributed by atoms with Gasteiger partial charge in [0, 0.05) is 37.6 Å². The van der Waals surface area contributed by atoms with Crippen LogP contribution < -0.4 is 9.47 Å². The van der Waals surface area contributed by atoms with E-state index >= 15 is 0 Å². The van der Waals surface area contributed by atoms with E-state index in [0.29, 0.717) is 38.5 Å². The summed E-state index contributed by atoms with van der Waals surface area (Å²) in [6.45, 7) is 5.79. The monoisotopic (exact) mass is 474 g/mol. The van der Waals surface area contributed by atoms with Crippen LogP contribution in [0.4, 0.5) is 0 Å². The van der Waals surface area contributed by atoms with Crippen LogP contribution in [0.15, 0.2) is 35.7 Å². The molecular weight excluding hydrogens is 440 g/mol. The largest absolute Gasteiger partial charge is 0.497 e. The Labute approximate surface area is 200 Å². The topological polar surface area (TPSA) is 68.3 Å². The van der Waals surface area contributed by atoms with Gasteiger partial charge in [-0.05, 0) is 41.5 Å². The predicted octanol–water partition coefficient (Wildman–Crippen LogP) is 3.78. The normalized spacial score (nSPS) is 15.3. The van der Waals surface area contributed by atoms with E-state index in [4.69, 9.17) is 14.2 Å².